The third kappa shape index (κ3) is 4.03. The van der Waals surface area contributed by atoms with Crippen LogP contribution < -0.4 is 10.7 Å². The van der Waals surface area contributed by atoms with Gasteiger partial charge in [-0.05, 0) is 50.6 Å². The van der Waals surface area contributed by atoms with Crippen molar-refractivity contribution in [3.63, 3.8) is 0 Å². The molecule has 1 saturated heterocycles. The molecule has 32 heavy (non-hydrogen) atoms. The van der Waals surface area contributed by atoms with Gasteiger partial charge in [0.05, 0.1) is 18.3 Å². The van der Waals surface area contributed by atoms with Crippen molar-refractivity contribution in [3.05, 3.63) is 78.3 Å². The summed E-state index contributed by atoms with van der Waals surface area (Å²) >= 11 is 9.83. The summed E-state index contributed by atoms with van der Waals surface area (Å²) in [5, 5.41) is 3.75. The number of ether oxygens (including phenoxy) is 1. The van der Waals surface area contributed by atoms with Crippen molar-refractivity contribution in [2.45, 2.75) is 42.9 Å². The highest BCUT2D eigenvalue weighted by Crippen LogP contribution is 2.46. The van der Waals surface area contributed by atoms with Gasteiger partial charge >= 0.3 is 0 Å². The molecule has 5 nitrogen and oxygen atoms in total. The van der Waals surface area contributed by atoms with E-state index in [0.717, 1.165) is 28.4 Å². The molecule has 0 aliphatic carbocycles. The molecule has 2 aliphatic rings. The number of halogens is 1. The lowest BCUT2D eigenvalue weighted by Crippen LogP contribution is -2.39. The van der Waals surface area contributed by atoms with Gasteiger partial charge in [0.25, 0.3) is 5.91 Å². The summed E-state index contributed by atoms with van der Waals surface area (Å²) in [5.74, 6) is -0.322. The number of hydrogen-bond donors (Lipinski definition) is 1. The van der Waals surface area contributed by atoms with Crippen molar-refractivity contribution in [3.8, 4) is 5.69 Å². The summed E-state index contributed by atoms with van der Waals surface area (Å²) in [6, 6.07) is 11.5. The zero-order valence-electron chi connectivity index (χ0n) is 17.8. The highest BCUT2D eigenvalue weighted by Gasteiger charge is 2.31. The van der Waals surface area contributed by atoms with Gasteiger partial charge in [0.1, 0.15) is 5.56 Å². The first-order valence-corrected chi connectivity index (χ1v) is 12.6. The molecular weight excluding hydrogens is 464 g/mol. The van der Waals surface area contributed by atoms with Gasteiger partial charge in [0.15, 0.2) is 5.43 Å². The number of pyridine rings is 1. The van der Waals surface area contributed by atoms with Gasteiger partial charge in [0.2, 0.25) is 0 Å². The van der Waals surface area contributed by atoms with Crippen molar-refractivity contribution in [2.24, 2.45) is 0 Å². The minimum atomic E-state index is -0.322. The molecule has 1 aromatic carbocycles. The molecule has 0 bridgehead atoms. The van der Waals surface area contributed by atoms with Gasteiger partial charge in [-0.2, -0.15) is 0 Å². The third-order valence-electron chi connectivity index (χ3n) is 5.88. The number of nitrogens with one attached hydrogen (secondary N) is 1. The number of thiophene rings is 1. The van der Waals surface area contributed by atoms with Crippen LogP contribution in [0.5, 0.6) is 0 Å². The maximum atomic E-state index is 13.3. The van der Waals surface area contributed by atoms with E-state index >= 15 is 0 Å². The number of rotatable bonds is 3. The van der Waals surface area contributed by atoms with Gasteiger partial charge in [-0.1, -0.05) is 11.6 Å². The van der Waals surface area contributed by atoms with Crippen molar-refractivity contribution < 1.29 is 9.53 Å². The van der Waals surface area contributed by atoms with Gasteiger partial charge in [0, 0.05) is 55.4 Å². The molecule has 4 heterocycles. The molecule has 3 aromatic rings. The summed E-state index contributed by atoms with van der Waals surface area (Å²) < 4.78 is 7.45. The minimum absolute atomic E-state index is 0.0640. The summed E-state index contributed by atoms with van der Waals surface area (Å²) in [4.78, 5) is 29.9. The average molecular weight is 487 g/mol. The molecule has 2 atom stereocenters. The van der Waals surface area contributed by atoms with Gasteiger partial charge in [-0.25, -0.2) is 0 Å². The Balaban J connectivity index is 1.70. The highest BCUT2D eigenvalue weighted by atomic mass is 35.5. The predicted octanol–water partition coefficient (Wildman–Crippen LogP) is 5.08. The lowest BCUT2D eigenvalue weighted by atomic mass is 10.0. The van der Waals surface area contributed by atoms with E-state index in [0.29, 0.717) is 24.7 Å². The monoisotopic (exact) mass is 486 g/mol. The number of aryl methyl sites for hydroxylation is 2. The fraction of sp³-hybridized carbons (Fsp3) is 0.333. The summed E-state index contributed by atoms with van der Waals surface area (Å²) in [7, 11) is 0. The molecule has 2 aromatic heterocycles. The Hall–Kier alpha value is -2.06. The Labute approximate surface area is 199 Å². The quantitative estimate of drug-likeness (QED) is 0.561. The molecule has 2 aliphatic heterocycles. The van der Waals surface area contributed by atoms with Crippen LogP contribution in [0.2, 0.25) is 5.02 Å². The van der Waals surface area contributed by atoms with E-state index in [2.05, 4.69) is 28.9 Å². The number of benzene rings is 1. The zero-order chi connectivity index (χ0) is 22.4. The fourth-order valence-corrected chi connectivity index (χ4v) is 7.00. The van der Waals surface area contributed by atoms with Crippen LogP contribution in [0, 0.1) is 13.8 Å². The fourth-order valence-electron chi connectivity index (χ4n) is 4.39. The van der Waals surface area contributed by atoms with Crippen LogP contribution in [0.1, 0.15) is 43.2 Å². The Kier molecular flexibility index (Phi) is 5.92. The number of thioether (sulfide) groups is 1. The number of carbonyl (C=O) groups excluding carboxylic acids is 1. The van der Waals surface area contributed by atoms with Gasteiger partial charge in [-0.15, -0.1) is 23.1 Å². The Bertz CT molecular complexity index is 1260. The predicted molar refractivity (Wildman–Crippen MR) is 130 cm³/mol. The average Bonchev–Trinajstić information content (AvgIpc) is 3.36. The van der Waals surface area contributed by atoms with Crippen LogP contribution in [0.25, 0.3) is 5.69 Å². The summed E-state index contributed by atoms with van der Waals surface area (Å²) in [6.45, 7) is 5.11. The standard InChI is InChI=1S/C24H23ClN2O3S2/c1-13-9-19(28)23(24(29)26-16-7-8-30-12-16)18-11-22(20-6-3-14(2)31-20)32-21-10-15(25)4-5-17(21)27(13)18/h3-6,9-10,16,22H,7-8,11-12H2,1-2H3,(H,26,29). The topological polar surface area (TPSA) is 60.3 Å². The van der Waals surface area contributed by atoms with E-state index in [4.69, 9.17) is 16.3 Å². The van der Waals surface area contributed by atoms with Crippen molar-refractivity contribution in [1.82, 2.24) is 9.88 Å². The van der Waals surface area contributed by atoms with E-state index in [1.54, 1.807) is 29.2 Å². The molecular formula is C24H23ClN2O3S2. The first-order valence-electron chi connectivity index (χ1n) is 10.6. The van der Waals surface area contributed by atoms with Crippen molar-refractivity contribution in [1.29, 1.82) is 0 Å². The maximum absolute atomic E-state index is 13.3. The molecule has 166 valence electrons. The second-order valence-electron chi connectivity index (χ2n) is 8.21. The molecule has 0 spiro atoms. The van der Waals surface area contributed by atoms with Crippen LogP contribution in [0.15, 0.2) is 46.1 Å². The van der Waals surface area contributed by atoms with Crippen LogP contribution in [0.3, 0.4) is 0 Å². The number of nitrogens with zero attached hydrogens (tertiary/aromatic N) is 1. The second-order valence-corrected chi connectivity index (χ2v) is 11.2. The molecule has 0 saturated carbocycles. The van der Waals surface area contributed by atoms with E-state index in [9.17, 15) is 9.59 Å². The highest BCUT2D eigenvalue weighted by molar-refractivity contribution is 7.99. The zero-order valence-corrected chi connectivity index (χ0v) is 20.2. The van der Waals surface area contributed by atoms with Gasteiger partial charge < -0.3 is 14.6 Å². The largest absolute Gasteiger partial charge is 0.379 e. The number of aromatic nitrogens is 1. The second kappa shape index (κ2) is 8.71. The molecule has 1 amide bonds. The smallest absolute Gasteiger partial charge is 0.257 e. The number of hydrogen-bond acceptors (Lipinski definition) is 5. The lowest BCUT2D eigenvalue weighted by Gasteiger charge is -2.20. The molecule has 1 fully saturated rings. The minimum Gasteiger partial charge on any atom is -0.379 e. The summed E-state index contributed by atoms with van der Waals surface area (Å²) in [5.41, 5.74) is 2.48. The van der Waals surface area contributed by atoms with Crippen molar-refractivity contribution >= 4 is 40.6 Å². The van der Waals surface area contributed by atoms with E-state index in [-0.39, 0.29) is 28.2 Å². The molecule has 1 N–H and O–H groups in total. The van der Waals surface area contributed by atoms with E-state index in [1.165, 1.54) is 9.75 Å². The maximum Gasteiger partial charge on any atom is 0.257 e. The lowest BCUT2D eigenvalue weighted by molar-refractivity contribution is 0.0927. The van der Waals surface area contributed by atoms with Crippen LogP contribution in [-0.4, -0.2) is 29.7 Å². The van der Waals surface area contributed by atoms with Crippen LogP contribution >= 0.6 is 34.7 Å². The first-order chi connectivity index (χ1) is 15.4. The Morgan fingerprint density at radius 3 is 2.78 bits per heavy atom. The number of amides is 1. The molecule has 2 unspecified atom stereocenters. The van der Waals surface area contributed by atoms with E-state index < -0.39 is 0 Å². The first kappa shape index (κ1) is 21.8. The molecule has 5 rings (SSSR count). The third-order valence-corrected chi connectivity index (χ3v) is 8.66. The van der Waals surface area contributed by atoms with Crippen LogP contribution in [0.4, 0.5) is 0 Å². The normalized spacial score (nSPS) is 19.8. The molecule has 8 heteroatoms. The van der Waals surface area contributed by atoms with E-state index in [1.807, 2.05) is 25.1 Å². The number of carbonyl (C=O) groups is 1. The Morgan fingerprint density at radius 2 is 2.06 bits per heavy atom. The summed E-state index contributed by atoms with van der Waals surface area (Å²) in [6.07, 6.45) is 1.33. The van der Waals surface area contributed by atoms with Crippen LogP contribution in [-0.2, 0) is 11.2 Å². The van der Waals surface area contributed by atoms with Crippen molar-refractivity contribution in [2.75, 3.05) is 13.2 Å². The SMILES string of the molecule is Cc1ccc(C2Cc3c(C(=O)NC4CCOC4)c(=O)cc(C)n3-c3ccc(Cl)cc3S2)s1. The Morgan fingerprint density at radius 1 is 1.22 bits per heavy atom. The van der Waals surface area contributed by atoms with Gasteiger partial charge in [-0.3, -0.25) is 9.59 Å². The molecule has 0 radical (unpaired) electrons. The number of fused-ring (bicyclic) bond motifs is 3.